The van der Waals surface area contributed by atoms with Gasteiger partial charge in [0, 0.05) is 17.3 Å². The van der Waals surface area contributed by atoms with Crippen molar-refractivity contribution in [3.8, 4) is 10.7 Å². The average Bonchev–Trinajstić information content (AvgIpc) is 2.61. The summed E-state index contributed by atoms with van der Waals surface area (Å²) in [7, 11) is 0. The number of aryl methyl sites for hydroxylation is 1. The summed E-state index contributed by atoms with van der Waals surface area (Å²) >= 11 is 7.46. The standard InChI is InChI=1S/C10H9ClN2S/c1-7-5-8(14-9(7)6-11)10-12-3-2-4-13-10/h2-5H,6H2,1H3. The number of alkyl halides is 1. The molecule has 0 aliphatic heterocycles. The second-order valence-electron chi connectivity index (χ2n) is 2.92. The Kier molecular flexibility index (Phi) is 2.79. The molecular weight excluding hydrogens is 216 g/mol. The predicted octanol–water partition coefficient (Wildman–Crippen LogP) is 3.25. The first-order valence-electron chi connectivity index (χ1n) is 4.24. The van der Waals surface area contributed by atoms with Gasteiger partial charge in [-0.1, -0.05) is 0 Å². The Balaban J connectivity index is 2.43. The van der Waals surface area contributed by atoms with Crippen molar-refractivity contribution in [1.82, 2.24) is 9.97 Å². The second-order valence-corrected chi connectivity index (χ2v) is 4.33. The maximum absolute atomic E-state index is 5.80. The average molecular weight is 225 g/mol. The van der Waals surface area contributed by atoms with Gasteiger partial charge in [-0.15, -0.1) is 22.9 Å². The molecule has 2 aromatic rings. The van der Waals surface area contributed by atoms with E-state index in [2.05, 4.69) is 23.0 Å². The summed E-state index contributed by atoms with van der Waals surface area (Å²) in [5, 5.41) is 0. The Labute approximate surface area is 91.6 Å². The zero-order valence-corrected chi connectivity index (χ0v) is 9.27. The van der Waals surface area contributed by atoms with Crippen LogP contribution in [0.3, 0.4) is 0 Å². The third-order valence-electron chi connectivity index (χ3n) is 1.93. The Hall–Kier alpha value is -0.930. The highest BCUT2D eigenvalue weighted by atomic mass is 35.5. The summed E-state index contributed by atoms with van der Waals surface area (Å²) in [6, 6.07) is 3.89. The van der Waals surface area contributed by atoms with Gasteiger partial charge in [0.2, 0.25) is 0 Å². The molecular formula is C10H9ClN2S. The fourth-order valence-corrected chi connectivity index (χ4v) is 2.54. The largest absolute Gasteiger partial charge is 0.236 e. The maximum atomic E-state index is 5.80. The van der Waals surface area contributed by atoms with E-state index in [1.54, 1.807) is 23.7 Å². The van der Waals surface area contributed by atoms with Crippen LogP contribution in [-0.4, -0.2) is 9.97 Å². The molecule has 2 aromatic heterocycles. The molecule has 0 atom stereocenters. The monoisotopic (exact) mass is 224 g/mol. The van der Waals surface area contributed by atoms with E-state index < -0.39 is 0 Å². The van der Waals surface area contributed by atoms with Gasteiger partial charge in [-0.3, -0.25) is 0 Å². The first-order chi connectivity index (χ1) is 6.81. The first kappa shape index (κ1) is 9.62. The molecule has 0 saturated carbocycles. The summed E-state index contributed by atoms with van der Waals surface area (Å²) in [5.41, 5.74) is 1.22. The maximum Gasteiger partial charge on any atom is 0.169 e. The fourth-order valence-electron chi connectivity index (χ4n) is 1.19. The van der Waals surface area contributed by atoms with Gasteiger partial charge in [0.1, 0.15) is 0 Å². The van der Waals surface area contributed by atoms with Crippen molar-refractivity contribution in [2.75, 3.05) is 0 Å². The number of halogens is 1. The van der Waals surface area contributed by atoms with Gasteiger partial charge in [0.15, 0.2) is 5.82 Å². The number of thiophene rings is 1. The van der Waals surface area contributed by atoms with E-state index in [0.717, 1.165) is 10.7 Å². The van der Waals surface area contributed by atoms with E-state index in [1.165, 1.54) is 10.4 Å². The molecule has 0 aliphatic rings. The van der Waals surface area contributed by atoms with Crippen molar-refractivity contribution < 1.29 is 0 Å². The van der Waals surface area contributed by atoms with Crippen LogP contribution < -0.4 is 0 Å². The molecule has 0 unspecified atom stereocenters. The number of hydrogen-bond acceptors (Lipinski definition) is 3. The second kappa shape index (κ2) is 4.07. The highest BCUT2D eigenvalue weighted by Gasteiger charge is 2.07. The van der Waals surface area contributed by atoms with Crippen LogP contribution >= 0.6 is 22.9 Å². The molecule has 0 fully saturated rings. The summed E-state index contributed by atoms with van der Waals surface area (Å²) in [5.74, 6) is 1.33. The molecule has 0 aliphatic carbocycles. The minimum atomic E-state index is 0.559. The van der Waals surface area contributed by atoms with Crippen LogP contribution in [0.25, 0.3) is 10.7 Å². The smallest absolute Gasteiger partial charge is 0.169 e. The third kappa shape index (κ3) is 1.79. The molecule has 0 N–H and O–H groups in total. The first-order valence-corrected chi connectivity index (χ1v) is 5.59. The summed E-state index contributed by atoms with van der Waals surface area (Å²) in [6.07, 6.45) is 3.50. The van der Waals surface area contributed by atoms with E-state index in [1.807, 2.05) is 6.07 Å². The molecule has 2 heterocycles. The van der Waals surface area contributed by atoms with Crippen LogP contribution in [0, 0.1) is 6.92 Å². The van der Waals surface area contributed by atoms with Gasteiger partial charge < -0.3 is 0 Å². The minimum Gasteiger partial charge on any atom is -0.236 e. The molecule has 14 heavy (non-hydrogen) atoms. The SMILES string of the molecule is Cc1cc(-c2ncccn2)sc1CCl. The van der Waals surface area contributed by atoms with Crippen LogP contribution in [-0.2, 0) is 5.88 Å². The minimum absolute atomic E-state index is 0.559. The number of nitrogens with zero attached hydrogens (tertiary/aromatic N) is 2. The normalized spacial score (nSPS) is 10.4. The molecule has 0 bridgehead atoms. The van der Waals surface area contributed by atoms with Crippen LogP contribution in [0.5, 0.6) is 0 Å². The lowest BCUT2D eigenvalue weighted by Gasteiger charge is -1.91. The Morgan fingerprint density at radius 2 is 2.07 bits per heavy atom. The summed E-state index contributed by atoms with van der Waals surface area (Å²) < 4.78 is 0. The number of hydrogen-bond donors (Lipinski definition) is 0. The third-order valence-corrected chi connectivity index (χ3v) is 3.59. The Bertz CT molecular complexity index is 425. The van der Waals surface area contributed by atoms with Crippen LogP contribution in [0.1, 0.15) is 10.4 Å². The van der Waals surface area contributed by atoms with Crippen molar-refractivity contribution in [1.29, 1.82) is 0 Å². The predicted molar refractivity (Wildman–Crippen MR) is 59.6 cm³/mol. The van der Waals surface area contributed by atoms with Gasteiger partial charge in [0.25, 0.3) is 0 Å². The highest BCUT2D eigenvalue weighted by molar-refractivity contribution is 7.15. The van der Waals surface area contributed by atoms with Gasteiger partial charge in [-0.2, -0.15) is 0 Å². The lowest BCUT2D eigenvalue weighted by molar-refractivity contribution is 1.18. The lowest BCUT2D eigenvalue weighted by Crippen LogP contribution is -1.82. The quantitative estimate of drug-likeness (QED) is 0.732. The van der Waals surface area contributed by atoms with E-state index in [4.69, 9.17) is 11.6 Å². The zero-order chi connectivity index (χ0) is 9.97. The van der Waals surface area contributed by atoms with Gasteiger partial charge >= 0.3 is 0 Å². The van der Waals surface area contributed by atoms with Gasteiger partial charge in [0.05, 0.1) is 10.8 Å². The van der Waals surface area contributed by atoms with Gasteiger partial charge in [-0.05, 0) is 24.6 Å². The molecule has 2 nitrogen and oxygen atoms in total. The molecule has 0 aromatic carbocycles. The summed E-state index contributed by atoms with van der Waals surface area (Å²) in [4.78, 5) is 10.7. The van der Waals surface area contributed by atoms with Crippen LogP contribution in [0.2, 0.25) is 0 Å². The van der Waals surface area contributed by atoms with Crippen molar-refractivity contribution in [2.24, 2.45) is 0 Å². The zero-order valence-electron chi connectivity index (χ0n) is 7.70. The van der Waals surface area contributed by atoms with Crippen molar-refractivity contribution >= 4 is 22.9 Å². The highest BCUT2D eigenvalue weighted by Crippen LogP contribution is 2.29. The Morgan fingerprint density at radius 3 is 2.64 bits per heavy atom. The summed E-state index contributed by atoms with van der Waals surface area (Å²) in [6.45, 7) is 2.06. The molecule has 0 amide bonds. The van der Waals surface area contributed by atoms with E-state index in [-0.39, 0.29) is 0 Å². The molecule has 72 valence electrons. The molecule has 0 spiro atoms. The van der Waals surface area contributed by atoms with Gasteiger partial charge in [-0.25, -0.2) is 9.97 Å². The van der Waals surface area contributed by atoms with E-state index >= 15 is 0 Å². The Morgan fingerprint density at radius 1 is 1.36 bits per heavy atom. The topological polar surface area (TPSA) is 25.8 Å². The van der Waals surface area contributed by atoms with Crippen molar-refractivity contribution in [3.63, 3.8) is 0 Å². The van der Waals surface area contributed by atoms with Crippen LogP contribution in [0.15, 0.2) is 24.5 Å². The van der Waals surface area contributed by atoms with Crippen LogP contribution in [0.4, 0.5) is 0 Å². The van der Waals surface area contributed by atoms with E-state index in [0.29, 0.717) is 5.88 Å². The van der Waals surface area contributed by atoms with Crippen molar-refractivity contribution in [3.05, 3.63) is 35.0 Å². The number of aromatic nitrogens is 2. The molecule has 4 heteroatoms. The van der Waals surface area contributed by atoms with E-state index in [9.17, 15) is 0 Å². The molecule has 2 rings (SSSR count). The molecule has 0 saturated heterocycles. The van der Waals surface area contributed by atoms with Crippen molar-refractivity contribution in [2.45, 2.75) is 12.8 Å². The number of rotatable bonds is 2. The lowest BCUT2D eigenvalue weighted by atomic mass is 10.3. The molecule has 0 radical (unpaired) electrons. The fraction of sp³-hybridized carbons (Fsp3) is 0.200.